The molecule has 0 saturated carbocycles. The van der Waals surface area contributed by atoms with Crippen LogP contribution in [0.25, 0.3) is 0 Å². The second kappa shape index (κ2) is 76.5. The summed E-state index contributed by atoms with van der Waals surface area (Å²) < 4.78 is 65.5. The Morgan fingerprint density at radius 2 is 0.395 bits per heavy atom. The lowest BCUT2D eigenvalue weighted by molar-refractivity contribution is -0.357. The molecule has 0 aliphatic carbocycles. The molecule has 10 atom stereocenters. The van der Waals surface area contributed by atoms with Crippen LogP contribution < -0.4 is 0 Å². The van der Waals surface area contributed by atoms with E-state index in [2.05, 4.69) is 48.5 Å². The van der Waals surface area contributed by atoms with Crippen molar-refractivity contribution in [2.45, 2.75) is 559 Å². The van der Waals surface area contributed by atoms with Crippen LogP contribution in [-0.2, 0) is 80.9 Å². The molecule has 0 spiro atoms. The van der Waals surface area contributed by atoms with E-state index in [4.69, 9.17) is 47.4 Å². The van der Waals surface area contributed by atoms with E-state index in [0.29, 0.717) is 44.9 Å². The third-order valence-corrected chi connectivity index (χ3v) is 23.0. The number of aliphatic hydroxyl groups is 1. The van der Waals surface area contributed by atoms with Gasteiger partial charge in [-0.05, 0) is 44.9 Å². The minimum absolute atomic E-state index is 0.00282. The molecule has 0 unspecified atom stereocenters. The largest absolute Gasteiger partial charge is 0.463 e. The maximum atomic E-state index is 14.9. The average Bonchev–Trinajstić information content (AvgIpc) is 0.766. The summed E-state index contributed by atoms with van der Waals surface area (Å²) in [5.74, 6) is -4.31. The summed E-state index contributed by atoms with van der Waals surface area (Å²) in [5.41, 5.74) is 0. The first-order valence-corrected chi connectivity index (χ1v) is 48.7. The number of hydrogen-bond donors (Lipinski definition) is 1. The van der Waals surface area contributed by atoms with Crippen molar-refractivity contribution < 1.29 is 86.0 Å². The second-order valence-corrected chi connectivity index (χ2v) is 33.9. The van der Waals surface area contributed by atoms with Crippen LogP contribution in [0.2, 0.25) is 0 Å². The Morgan fingerprint density at radius 1 is 0.211 bits per heavy atom. The first-order chi connectivity index (χ1) is 55.8. The van der Waals surface area contributed by atoms with Crippen LogP contribution >= 0.6 is 0 Å². The standard InChI is InChI=1S/C96H176O18/c1-8-15-22-29-36-43-50-57-64-71-82(97)105-78-80-90(91(110-85(100)74-67-60-53-46-39-32-25-18-11-4)93(95(104)107-80)112-87(102)76-69-62-55-48-41-34-27-20-13-6)114-96-94(113-88(103)77-70-63-56-49-42-35-28-21-14-7)92(111-86(101)75-68-61-54-47-40-33-26-19-12-5)89(109-84(99)73-66-59-52-45-38-31-24-17-10-3)81(108-96)79-106-83(98)72-65-58-51-44-37-30-23-16-9-2/h80-81,89-96,104H,8-79H2,1-7H3/t80-,81-,89-,90-,91+,92+,93-,94-,95-,96+/m1/s1. The summed E-state index contributed by atoms with van der Waals surface area (Å²) in [6.45, 7) is 14.4. The molecule has 114 heavy (non-hydrogen) atoms. The zero-order valence-corrected chi connectivity index (χ0v) is 74.6. The first kappa shape index (κ1) is 106. The quantitative estimate of drug-likeness (QED) is 0.0339. The molecule has 2 saturated heterocycles. The van der Waals surface area contributed by atoms with Crippen LogP contribution in [0.5, 0.6) is 0 Å². The van der Waals surface area contributed by atoms with Crippen molar-refractivity contribution in [2.24, 2.45) is 0 Å². The first-order valence-electron chi connectivity index (χ1n) is 48.7. The lowest BCUT2D eigenvalue weighted by atomic mass is 9.95. The normalized spacial score (nSPS) is 19.5. The van der Waals surface area contributed by atoms with Gasteiger partial charge in [0.25, 0.3) is 0 Å². The van der Waals surface area contributed by atoms with E-state index in [1.165, 1.54) is 135 Å². The molecule has 2 fully saturated rings. The number of ether oxygens (including phenoxy) is 10. The lowest BCUT2D eigenvalue weighted by Gasteiger charge is -2.48. The van der Waals surface area contributed by atoms with E-state index in [1.807, 2.05) is 0 Å². The van der Waals surface area contributed by atoms with E-state index in [9.17, 15) is 38.7 Å². The molecule has 0 aromatic carbocycles. The fraction of sp³-hybridized carbons (Fsp3) is 0.927. The molecule has 0 amide bonds. The highest BCUT2D eigenvalue weighted by molar-refractivity contribution is 5.73. The van der Waals surface area contributed by atoms with Gasteiger partial charge in [0.05, 0.1) is 0 Å². The van der Waals surface area contributed by atoms with Gasteiger partial charge in [0.15, 0.2) is 43.1 Å². The summed E-state index contributed by atoms with van der Waals surface area (Å²) in [4.78, 5) is 101. The summed E-state index contributed by atoms with van der Waals surface area (Å²) in [6.07, 6.45) is 47.6. The van der Waals surface area contributed by atoms with Crippen molar-refractivity contribution in [3.8, 4) is 0 Å². The second-order valence-electron chi connectivity index (χ2n) is 33.9. The number of esters is 7. The molecule has 2 aliphatic heterocycles. The van der Waals surface area contributed by atoms with Crippen molar-refractivity contribution in [1.82, 2.24) is 0 Å². The number of unbranched alkanes of at least 4 members (excludes halogenated alkanes) is 56. The van der Waals surface area contributed by atoms with Crippen LogP contribution in [0, 0.1) is 0 Å². The third kappa shape index (κ3) is 57.3. The molecular weight excluding hydrogens is 1440 g/mol. The van der Waals surface area contributed by atoms with Crippen LogP contribution in [0.1, 0.15) is 498 Å². The predicted octanol–water partition coefficient (Wildman–Crippen LogP) is 25.9. The van der Waals surface area contributed by atoms with Gasteiger partial charge in [-0.3, -0.25) is 33.6 Å². The summed E-state index contributed by atoms with van der Waals surface area (Å²) >= 11 is 0. The smallest absolute Gasteiger partial charge is 0.306 e. The monoisotopic (exact) mass is 1620 g/mol. The van der Waals surface area contributed by atoms with Gasteiger partial charge < -0.3 is 52.5 Å². The topological polar surface area (TPSA) is 232 Å². The molecule has 2 heterocycles. The average molecular weight is 1620 g/mol. The minimum atomic E-state index is -1.93. The highest BCUT2D eigenvalue weighted by Crippen LogP contribution is 2.37. The van der Waals surface area contributed by atoms with E-state index in [-0.39, 0.29) is 44.9 Å². The highest BCUT2D eigenvalue weighted by Gasteiger charge is 2.58. The Labute approximate surface area is 696 Å². The third-order valence-electron chi connectivity index (χ3n) is 23.0. The molecule has 2 aliphatic rings. The molecule has 0 aromatic heterocycles. The Balaban J connectivity index is 2.98. The highest BCUT2D eigenvalue weighted by atomic mass is 16.8. The molecule has 18 nitrogen and oxygen atoms in total. The van der Waals surface area contributed by atoms with Gasteiger partial charge in [-0.15, -0.1) is 0 Å². The summed E-state index contributed by atoms with van der Waals surface area (Å²) in [5, 5.41) is 12.3. The molecule has 0 radical (unpaired) electrons. The molecule has 0 aromatic rings. The number of carbonyl (C=O) groups is 7. The van der Waals surface area contributed by atoms with Crippen molar-refractivity contribution in [3.05, 3.63) is 0 Å². The summed E-state index contributed by atoms with van der Waals surface area (Å²) in [6, 6.07) is 0. The van der Waals surface area contributed by atoms with Crippen LogP contribution in [0.15, 0.2) is 0 Å². The predicted molar refractivity (Wildman–Crippen MR) is 459 cm³/mol. The van der Waals surface area contributed by atoms with Crippen molar-refractivity contribution >= 4 is 41.8 Å². The van der Waals surface area contributed by atoms with Crippen LogP contribution in [-0.4, -0.2) is 122 Å². The minimum Gasteiger partial charge on any atom is -0.463 e. The van der Waals surface area contributed by atoms with Gasteiger partial charge in [0, 0.05) is 44.9 Å². The molecular formula is C96H176O18. The van der Waals surface area contributed by atoms with Gasteiger partial charge in [-0.25, -0.2) is 0 Å². The zero-order chi connectivity index (χ0) is 82.8. The molecule has 668 valence electrons. The maximum absolute atomic E-state index is 14.9. The van der Waals surface area contributed by atoms with E-state index in [0.717, 1.165) is 225 Å². The Hall–Kier alpha value is -3.87. The maximum Gasteiger partial charge on any atom is 0.306 e. The van der Waals surface area contributed by atoms with Gasteiger partial charge in [-0.1, -0.05) is 408 Å². The van der Waals surface area contributed by atoms with E-state index in [1.54, 1.807) is 0 Å². The SMILES string of the molecule is CCCCCCCCCCCC(=O)OC[C@H]1O[C@@H](O)[C@H](OC(=O)CCCCCCCCCCC)[C@@H](OC(=O)CCCCCCCCCCC)[C@@H]1O[C@@H]1O[C@H](COC(=O)CCCCCCCCCCC)[C@@H](OC(=O)CCCCCCCCCCC)[C@H](OC(=O)CCCCCCCCCCC)[C@H]1OC(=O)CCCCCCCCCCC. The molecule has 1 N–H and O–H groups in total. The summed E-state index contributed by atoms with van der Waals surface area (Å²) in [7, 11) is 0. The zero-order valence-electron chi connectivity index (χ0n) is 74.6. The lowest BCUT2D eigenvalue weighted by Crippen LogP contribution is -2.67. The number of carbonyl (C=O) groups excluding carboxylic acids is 7. The van der Waals surface area contributed by atoms with Gasteiger partial charge in [0.1, 0.15) is 31.5 Å². The van der Waals surface area contributed by atoms with E-state index >= 15 is 0 Å². The van der Waals surface area contributed by atoms with Crippen molar-refractivity contribution in [3.63, 3.8) is 0 Å². The number of rotatable bonds is 81. The van der Waals surface area contributed by atoms with Crippen LogP contribution in [0.3, 0.4) is 0 Å². The Morgan fingerprint density at radius 3 is 0.640 bits per heavy atom. The molecule has 18 heteroatoms. The van der Waals surface area contributed by atoms with Crippen molar-refractivity contribution in [2.75, 3.05) is 13.2 Å². The van der Waals surface area contributed by atoms with Crippen molar-refractivity contribution in [1.29, 1.82) is 0 Å². The van der Waals surface area contributed by atoms with Gasteiger partial charge >= 0.3 is 41.8 Å². The van der Waals surface area contributed by atoms with Gasteiger partial charge in [-0.2, -0.15) is 0 Å². The van der Waals surface area contributed by atoms with Gasteiger partial charge in [0.2, 0.25) is 0 Å². The molecule has 0 bridgehead atoms. The molecule has 2 rings (SSSR count). The Kier molecular flexibility index (Phi) is 71.3. The number of aliphatic hydroxyl groups excluding tert-OH is 1. The van der Waals surface area contributed by atoms with E-state index < -0.39 is 116 Å². The Bertz CT molecular complexity index is 2280. The number of hydrogen-bond acceptors (Lipinski definition) is 18. The fourth-order valence-electron chi connectivity index (χ4n) is 15.7. The van der Waals surface area contributed by atoms with Crippen LogP contribution in [0.4, 0.5) is 0 Å². The fourth-order valence-corrected chi connectivity index (χ4v) is 15.7.